The van der Waals surface area contributed by atoms with Crippen LogP contribution < -0.4 is 5.32 Å². The fourth-order valence-electron chi connectivity index (χ4n) is 3.52. The Labute approximate surface area is 121 Å². The van der Waals surface area contributed by atoms with Crippen LogP contribution in [0.15, 0.2) is 30.3 Å². The second-order valence-electron chi connectivity index (χ2n) is 5.98. The average Bonchev–Trinajstić information content (AvgIpc) is 2.56. The minimum absolute atomic E-state index is 0.237. The van der Waals surface area contributed by atoms with Crippen molar-refractivity contribution in [3.63, 3.8) is 0 Å². The predicted molar refractivity (Wildman–Crippen MR) is 80.3 cm³/mol. The molecule has 0 bridgehead atoms. The summed E-state index contributed by atoms with van der Waals surface area (Å²) in [6, 6.07) is 10.8. The van der Waals surface area contributed by atoms with Gasteiger partial charge >= 0.3 is 0 Å². The lowest BCUT2D eigenvalue weighted by atomic mass is 9.91. The second-order valence-corrected chi connectivity index (χ2v) is 5.98. The highest BCUT2D eigenvalue weighted by Crippen LogP contribution is 2.33. The van der Waals surface area contributed by atoms with E-state index in [1.54, 1.807) is 0 Å². The number of rotatable bonds is 2. The molecule has 1 aromatic carbocycles. The van der Waals surface area contributed by atoms with E-state index in [0.717, 1.165) is 45.3 Å². The fraction of sp³-hybridized carbons (Fsp3) is 0.588. The number of nitrogens with zero attached hydrogens (tertiary/aromatic N) is 1. The Balaban J connectivity index is 1.76. The van der Waals surface area contributed by atoms with Crippen LogP contribution in [-0.4, -0.2) is 30.4 Å². The van der Waals surface area contributed by atoms with Crippen LogP contribution in [0.1, 0.15) is 43.7 Å². The van der Waals surface area contributed by atoms with Crippen LogP contribution in [0.25, 0.3) is 0 Å². The molecule has 0 spiro atoms. The molecule has 0 saturated carbocycles. The van der Waals surface area contributed by atoms with E-state index >= 15 is 0 Å². The fourth-order valence-corrected chi connectivity index (χ4v) is 3.52. The van der Waals surface area contributed by atoms with Crippen LogP contribution in [0.4, 0.5) is 0 Å². The normalized spacial score (nSPS) is 24.6. The lowest BCUT2D eigenvalue weighted by Crippen LogP contribution is -2.44. The maximum atomic E-state index is 12.8. The van der Waals surface area contributed by atoms with Crippen molar-refractivity contribution in [2.75, 3.05) is 19.6 Å². The van der Waals surface area contributed by atoms with Crippen LogP contribution in [0.3, 0.4) is 0 Å². The van der Waals surface area contributed by atoms with Crippen molar-refractivity contribution in [1.29, 1.82) is 0 Å². The zero-order chi connectivity index (χ0) is 13.8. The van der Waals surface area contributed by atoms with Crippen LogP contribution in [0.5, 0.6) is 0 Å². The first-order valence-electron chi connectivity index (χ1n) is 7.92. The third-order valence-electron chi connectivity index (χ3n) is 4.66. The predicted octanol–water partition coefficient (Wildman–Crippen LogP) is 2.74. The van der Waals surface area contributed by atoms with Gasteiger partial charge in [0.2, 0.25) is 5.91 Å². The molecule has 2 heterocycles. The molecule has 2 aliphatic rings. The number of nitrogens with one attached hydrogen (secondary N) is 1. The van der Waals surface area contributed by atoms with Crippen molar-refractivity contribution < 1.29 is 4.79 Å². The molecule has 1 unspecified atom stereocenters. The molecule has 0 aromatic heterocycles. The quantitative estimate of drug-likeness (QED) is 0.898. The number of benzene rings is 1. The Kier molecular flexibility index (Phi) is 4.36. The first kappa shape index (κ1) is 13.6. The van der Waals surface area contributed by atoms with Crippen LogP contribution in [0, 0.1) is 5.92 Å². The van der Waals surface area contributed by atoms with Gasteiger partial charge in [0.25, 0.3) is 0 Å². The largest absolute Gasteiger partial charge is 0.335 e. The smallest absolute Gasteiger partial charge is 0.226 e. The Bertz CT molecular complexity index is 440. The van der Waals surface area contributed by atoms with Gasteiger partial charge in [-0.3, -0.25) is 4.79 Å². The summed E-state index contributed by atoms with van der Waals surface area (Å²) in [4.78, 5) is 15.0. The Morgan fingerprint density at radius 1 is 1.05 bits per heavy atom. The summed E-state index contributed by atoms with van der Waals surface area (Å²) in [6.45, 7) is 2.91. The zero-order valence-corrected chi connectivity index (χ0v) is 12.1. The molecule has 0 radical (unpaired) electrons. The number of carbonyl (C=O) groups is 1. The van der Waals surface area contributed by atoms with Crippen molar-refractivity contribution in [3.8, 4) is 0 Å². The molecule has 3 heteroatoms. The molecule has 20 heavy (non-hydrogen) atoms. The summed E-state index contributed by atoms with van der Waals surface area (Å²) in [7, 11) is 0. The van der Waals surface area contributed by atoms with Gasteiger partial charge < -0.3 is 10.2 Å². The monoisotopic (exact) mass is 272 g/mol. The first-order valence-corrected chi connectivity index (χ1v) is 7.92. The van der Waals surface area contributed by atoms with Crippen molar-refractivity contribution in [1.82, 2.24) is 10.2 Å². The van der Waals surface area contributed by atoms with Crippen LogP contribution in [0.2, 0.25) is 0 Å². The maximum absolute atomic E-state index is 12.8. The van der Waals surface area contributed by atoms with Gasteiger partial charge in [-0.25, -0.2) is 0 Å². The van der Waals surface area contributed by atoms with Gasteiger partial charge in [0, 0.05) is 12.5 Å². The molecule has 2 fully saturated rings. The van der Waals surface area contributed by atoms with E-state index in [9.17, 15) is 4.79 Å². The van der Waals surface area contributed by atoms with Crippen LogP contribution >= 0.6 is 0 Å². The molecule has 3 nitrogen and oxygen atoms in total. The van der Waals surface area contributed by atoms with E-state index in [1.165, 1.54) is 12.0 Å². The van der Waals surface area contributed by atoms with E-state index in [4.69, 9.17) is 0 Å². The molecule has 2 saturated heterocycles. The molecule has 2 aliphatic heterocycles. The van der Waals surface area contributed by atoms with E-state index in [-0.39, 0.29) is 5.92 Å². The minimum atomic E-state index is 0.237. The Hall–Kier alpha value is -1.35. The van der Waals surface area contributed by atoms with Gasteiger partial charge in [0.05, 0.1) is 6.04 Å². The maximum Gasteiger partial charge on any atom is 0.226 e. The Morgan fingerprint density at radius 2 is 1.80 bits per heavy atom. The van der Waals surface area contributed by atoms with Crippen molar-refractivity contribution >= 4 is 5.91 Å². The molecular weight excluding hydrogens is 248 g/mol. The average molecular weight is 272 g/mol. The number of amides is 1. The third kappa shape index (κ3) is 2.88. The van der Waals surface area contributed by atoms with E-state index < -0.39 is 0 Å². The summed E-state index contributed by atoms with van der Waals surface area (Å²) in [5.74, 6) is 0.626. The SMILES string of the molecule is O=C(C1CCNCC1)N1CCCCC1c1ccccc1. The molecule has 1 N–H and O–H groups in total. The minimum Gasteiger partial charge on any atom is -0.335 e. The van der Waals surface area contributed by atoms with Gasteiger partial charge in [-0.15, -0.1) is 0 Å². The Morgan fingerprint density at radius 3 is 2.55 bits per heavy atom. The summed E-state index contributed by atoms with van der Waals surface area (Å²) in [6.07, 6.45) is 5.49. The highest BCUT2D eigenvalue weighted by Gasteiger charge is 2.32. The molecule has 3 rings (SSSR count). The topological polar surface area (TPSA) is 32.3 Å². The highest BCUT2D eigenvalue weighted by atomic mass is 16.2. The van der Waals surface area contributed by atoms with Crippen molar-refractivity contribution in [3.05, 3.63) is 35.9 Å². The van der Waals surface area contributed by atoms with Gasteiger partial charge in [0.15, 0.2) is 0 Å². The van der Waals surface area contributed by atoms with E-state index in [1.807, 2.05) is 6.07 Å². The van der Waals surface area contributed by atoms with Gasteiger partial charge in [-0.05, 0) is 50.8 Å². The highest BCUT2D eigenvalue weighted by molar-refractivity contribution is 5.79. The van der Waals surface area contributed by atoms with E-state index in [2.05, 4.69) is 34.5 Å². The van der Waals surface area contributed by atoms with Crippen molar-refractivity contribution in [2.24, 2.45) is 5.92 Å². The van der Waals surface area contributed by atoms with Gasteiger partial charge in [-0.1, -0.05) is 30.3 Å². The van der Waals surface area contributed by atoms with E-state index in [0.29, 0.717) is 11.9 Å². The summed E-state index contributed by atoms with van der Waals surface area (Å²) >= 11 is 0. The number of likely N-dealkylation sites (tertiary alicyclic amines) is 1. The van der Waals surface area contributed by atoms with Crippen molar-refractivity contribution in [2.45, 2.75) is 38.1 Å². The third-order valence-corrected chi connectivity index (χ3v) is 4.66. The molecule has 108 valence electrons. The lowest BCUT2D eigenvalue weighted by Gasteiger charge is -2.39. The first-order chi connectivity index (χ1) is 9.86. The van der Waals surface area contributed by atoms with Gasteiger partial charge in [0.1, 0.15) is 0 Å². The molecule has 0 aliphatic carbocycles. The number of hydrogen-bond acceptors (Lipinski definition) is 2. The second kappa shape index (κ2) is 6.40. The lowest BCUT2D eigenvalue weighted by molar-refractivity contribution is -0.140. The molecule has 1 amide bonds. The summed E-state index contributed by atoms with van der Waals surface area (Å²) < 4.78 is 0. The molecule has 1 atom stereocenters. The number of carbonyl (C=O) groups excluding carboxylic acids is 1. The zero-order valence-electron chi connectivity index (χ0n) is 12.1. The standard InChI is InChI=1S/C17H24N2O/c20-17(15-9-11-18-12-10-15)19-13-5-4-8-16(19)14-6-2-1-3-7-14/h1-3,6-7,15-16,18H,4-5,8-13H2. The summed E-state index contributed by atoms with van der Waals surface area (Å²) in [5.41, 5.74) is 1.30. The van der Waals surface area contributed by atoms with Gasteiger partial charge in [-0.2, -0.15) is 0 Å². The summed E-state index contributed by atoms with van der Waals surface area (Å²) in [5, 5.41) is 3.34. The number of hydrogen-bond donors (Lipinski definition) is 1. The number of piperidine rings is 2. The van der Waals surface area contributed by atoms with Crippen LogP contribution in [-0.2, 0) is 4.79 Å². The molecule has 1 aromatic rings. The molecular formula is C17H24N2O.